The summed E-state index contributed by atoms with van der Waals surface area (Å²) in [6.07, 6.45) is -1.30. The van der Waals surface area contributed by atoms with Crippen LogP contribution in [0, 0.1) is 7.14 Å². The van der Waals surface area contributed by atoms with Gasteiger partial charge in [0.2, 0.25) is 20.0 Å². The molecule has 0 saturated carbocycles. The Morgan fingerprint density at radius 1 is 0.467 bits per heavy atom. The Labute approximate surface area is 638 Å². The molecule has 3 aliphatic rings. The standard InChI is InChI=1S/C39H43IN6O9S2.C32H36IN5O8S2/c1-39(2,3)55-38(47)44-24-32(25-44)56(48,49)34-20-19-33(40)35(37-41-42-43-46(37)23-28-11-17-31(54-6)18-12-28)36(34)57(50,51)45(21-26-7-13-29(52-4)14-8-26)22-27-9-15-30(53-5)16-10-27;1-32(2,3)46-31(39)37-18-25(19-37)47(40,41)27-15-14-26(33)28(30-34-20-35-36-30)29(27)48(42,43)38(16-21-6-10-23(44-4)11-7-21)17-22-8-12-24(45-5)13-9-22/h7-20,32H,21-25H2,1-6H3;6-15,25H,16-20H2,1-5H3. The molecule has 0 radical (unpaired) electrons. The predicted molar refractivity (Wildman–Crippen MR) is 406 cm³/mol. The van der Waals surface area contributed by atoms with Gasteiger partial charge in [-0.15, -0.1) is 10.2 Å². The number of amides is 2. The minimum atomic E-state index is -4.74. The third kappa shape index (κ3) is 18.5. The number of sulfonamides is 2. The number of halogens is 2. The molecule has 28 nitrogen and oxygen atoms in total. The molecule has 0 atom stereocenters. The maximum atomic E-state index is 15.6. The number of aliphatic imine (C=N–C) groups is 1. The van der Waals surface area contributed by atoms with Crippen LogP contribution >= 0.6 is 45.2 Å². The number of methoxy groups -OCH3 is 5. The number of likely N-dealkylation sites (tertiary alicyclic amines) is 2. The van der Waals surface area contributed by atoms with E-state index >= 15 is 16.8 Å². The maximum Gasteiger partial charge on any atom is 0.410 e. The highest BCUT2D eigenvalue weighted by molar-refractivity contribution is 14.1. The summed E-state index contributed by atoms with van der Waals surface area (Å²) in [5.74, 6) is 3.08. The lowest BCUT2D eigenvalue weighted by Crippen LogP contribution is -2.58. The van der Waals surface area contributed by atoms with Crippen molar-refractivity contribution in [3.05, 3.63) is 186 Å². The number of nitrogens with zero attached hydrogens (tertiary/aromatic N) is 11. The van der Waals surface area contributed by atoms with Gasteiger partial charge in [-0.05, 0) is 210 Å². The molecule has 34 heteroatoms. The number of tetrazole rings is 1. The average molecular weight is 1740 g/mol. The highest BCUT2D eigenvalue weighted by Crippen LogP contribution is 2.42. The van der Waals surface area contributed by atoms with Gasteiger partial charge in [0.05, 0.1) is 63.0 Å². The lowest BCUT2D eigenvalue weighted by atomic mass is 10.2. The molecule has 2 amide bonds. The summed E-state index contributed by atoms with van der Waals surface area (Å²) >= 11 is 3.93. The number of carbonyl (C=O) groups excluding carboxylic acids is 2. The fourth-order valence-corrected chi connectivity index (χ4v) is 21.1. The first-order valence-electron chi connectivity index (χ1n) is 32.6. The van der Waals surface area contributed by atoms with Crippen molar-refractivity contribution in [2.75, 3.05) is 68.4 Å². The van der Waals surface area contributed by atoms with E-state index in [-0.39, 0.29) is 88.4 Å². The number of benzene rings is 7. The molecular formula is C71H79I2N11O17S4. The Hall–Kier alpha value is -8.40. The van der Waals surface area contributed by atoms with Gasteiger partial charge >= 0.3 is 12.2 Å². The lowest BCUT2D eigenvalue weighted by molar-refractivity contribution is 0.0128. The zero-order valence-corrected chi connectivity index (χ0v) is 66.9. The van der Waals surface area contributed by atoms with E-state index in [4.69, 9.17) is 33.2 Å². The summed E-state index contributed by atoms with van der Waals surface area (Å²) in [5, 5.41) is 18.2. The number of amidine groups is 1. The van der Waals surface area contributed by atoms with Crippen LogP contribution in [0.5, 0.6) is 28.7 Å². The molecule has 8 aromatic rings. The van der Waals surface area contributed by atoms with Crippen molar-refractivity contribution in [1.29, 1.82) is 0 Å². The molecule has 0 unspecified atom stereocenters. The van der Waals surface area contributed by atoms with E-state index < -0.39 is 93.2 Å². The first-order chi connectivity index (χ1) is 49.7. The van der Waals surface area contributed by atoms with Crippen LogP contribution in [0.1, 0.15) is 74.9 Å². The van der Waals surface area contributed by atoms with Crippen LogP contribution in [0.4, 0.5) is 9.59 Å². The molecule has 105 heavy (non-hydrogen) atoms. The molecule has 1 aromatic heterocycles. The molecule has 7 aromatic carbocycles. The van der Waals surface area contributed by atoms with Gasteiger partial charge in [0.15, 0.2) is 38.0 Å². The summed E-state index contributed by atoms with van der Waals surface area (Å²) in [6.45, 7) is 9.30. The van der Waals surface area contributed by atoms with E-state index in [2.05, 4.69) is 30.7 Å². The van der Waals surface area contributed by atoms with Crippen LogP contribution < -0.4 is 23.7 Å². The van der Waals surface area contributed by atoms with E-state index in [0.717, 1.165) is 5.56 Å². The van der Waals surface area contributed by atoms with E-state index in [1.54, 1.807) is 158 Å². The molecule has 558 valence electrons. The van der Waals surface area contributed by atoms with E-state index in [0.29, 0.717) is 58.1 Å². The Morgan fingerprint density at radius 2 is 0.790 bits per heavy atom. The summed E-state index contributed by atoms with van der Waals surface area (Å²) < 4.78 is 161. The number of azo groups is 1. The molecule has 0 N–H and O–H groups in total. The quantitative estimate of drug-likeness (QED) is 0.0480. The van der Waals surface area contributed by atoms with Crippen LogP contribution in [0.3, 0.4) is 0 Å². The van der Waals surface area contributed by atoms with E-state index in [9.17, 15) is 26.4 Å². The predicted octanol–water partition coefficient (Wildman–Crippen LogP) is 11.1. The first kappa shape index (κ1) is 79.2. The third-order valence-corrected chi connectivity index (χ3v) is 26.9. The molecule has 11 rings (SSSR count). The van der Waals surface area contributed by atoms with Crippen LogP contribution in [0.25, 0.3) is 11.4 Å². The number of sulfone groups is 2. The molecule has 0 bridgehead atoms. The molecular weight excluding hydrogens is 1660 g/mol. The van der Waals surface area contributed by atoms with E-state index in [1.807, 2.05) is 57.3 Å². The minimum Gasteiger partial charge on any atom is -0.497 e. The van der Waals surface area contributed by atoms with Crippen molar-refractivity contribution in [3.8, 4) is 40.1 Å². The topological polar surface area (TPSA) is 329 Å². The normalized spacial score (nSPS) is 14.4. The van der Waals surface area contributed by atoms with Gasteiger partial charge < -0.3 is 43.0 Å². The number of hydrogen-bond acceptors (Lipinski definition) is 23. The largest absolute Gasteiger partial charge is 0.497 e. The van der Waals surface area contributed by atoms with Crippen molar-refractivity contribution in [2.24, 2.45) is 15.2 Å². The monoisotopic (exact) mass is 1740 g/mol. The van der Waals surface area contributed by atoms with Crippen LogP contribution in [0.15, 0.2) is 180 Å². The zero-order valence-electron chi connectivity index (χ0n) is 59.3. The fourth-order valence-electron chi connectivity index (χ4n) is 11.2. The summed E-state index contributed by atoms with van der Waals surface area (Å²) in [7, 11) is -10.4. The number of carbonyl (C=O) groups is 2. The fraction of sp³-hybridized carbons (Fsp3) is 0.352. The molecule has 2 fully saturated rings. The summed E-state index contributed by atoms with van der Waals surface area (Å²) in [4.78, 5) is 30.6. The zero-order chi connectivity index (χ0) is 76.0. The van der Waals surface area contributed by atoms with Crippen molar-refractivity contribution < 1.29 is 76.4 Å². The maximum absolute atomic E-state index is 15.6. The van der Waals surface area contributed by atoms with Gasteiger partial charge in [-0.2, -0.15) is 13.7 Å². The van der Waals surface area contributed by atoms with Gasteiger partial charge in [-0.3, -0.25) is 0 Å². The first-order valence-corrected chi connectivity index (χ1v) is 40.7. The summed E-state index contributed by atoms with van der Waals surface area (Å²) in [5.41, 5.74) is 1.85. The van der Waals surface area contributed by atoms with Crippen molar-refractivity contribution in [2.45, 2.75) is 116 Å². The lowest BCUT2D eigenvalue weighted by Gasteiger charge is -2.39. The molecule has 4 heterocycles. The second-order valence-electron chi connectivity index (χ2n) is 26.4. The molecule has 0 spiro atoms. The van der Waals surface area contributed by atoms with Crippen molar-refractivity contribution >= 4 is 103 Å². The van der Waals surface area contributed by atoms with Crippen molar-refractivity contribution in [1.82, 2.24) is 38.6 Å². The number of aromatic nitrogens is 4. The molecule has 3 aliphatic heterocycles. The van der Waals surface area contributed by atoms with Crippen molar-refractivity contribution in [3.63, 3.8) is 0 Å². The SMILES string of the molecule is COc1ccc(CN(Cc2ccc(OC)cc2)S(=O)(=O)c2c(S(=O)(=O)C3CN(C(=O)OC(C)(C)C)C3)ccc(I)c2-c2nnnn2Cc2ccc(OC)cc2)cc1.COc1ccc(CN(Cc2ccc(OC)cc2)S(=O)(=O)c2c(S(=O)(=O)C3CN(C(=O)OC(C)(C)C)C3)ccc(I)c2C2=NCN=N2)cc1. The Morgan fingerprint density at radius 3 is 1.10 bits per heavy atom. The Balaban J connectivity index is 0.000000228. The Bertz CT molecular complexity index is 4910. The number of hydrogen-bond donors (Lipinski definition) is 0. The minimum absolute atomic E-state index is 0.0171. The third-order valence-electron chi connectivity index (χ3n) is 16.8. The average Bonchev–Trinajstić information content (AvgIpc) is 1.69. The summed E-state index contributed by atoms with van der Waals surface area (Å²) in [6, 6.07) is 40.6. The van der Waals surface area contributed by atoms with Gasteiger partial charge in [0, 0.05) is 59.5 Å². The number of rotatable bonds is 25. The van der Waals surface area contributed by atoms with Gasteiger partial charge in [-0.25, -0.2) is 52.9 Å². The number of ether oxygens (including phenoxy) is 7. The highest BCUT2D eigenvalue weighted by atomic mass is 127. The highest BCUT2D eigenvalue weighted by Gasteiger charge is 2.48. The van der Waals surface area contributed by atoms with Crippen LogP contribution in [-0.4, -0.2) is 180 Å². The van der Waals surface area contributed by atoms with E-state index in [1.165, 1.54) is 75.8 Å². The van der Waals surface area contributed by atoms with Gasteiger partial charge in [0.25, 0.3) is 0 Å². The van der Waals surface area contributed by atoms with Crippen LogP contribution in [-0.2, 0) is 81.9 Å². The molecule has 2 saturated heterocycles. The van der Waals surface area contributed by atoms with Gasteiger partial charge in [0.1, 0.15) is 60.2 Å². The second-order valence-corrected chi connectivity index (χ2v) is 36.9. The Kier molecular flexibility index (Phi) is 24.7. The van der Waals surface area contributed by atoms with Gasteiger partial charge in [-0.1, -0.05) is 60.7 Å². The second kappa shape index (κ2) is 32.8. The molecule has 0 aliphatic carbocycles. The smallest absolute Gasteiger partial charge is 0.410 e. The van der Waals surface area contributed by atoms with Crippen LogP contribution in [0.2, 0.25) is 0 Å².